The molecule has 4 heterocycles. The maximum absolute atomic E-state index is 14.5. The normalized spacial score (nSPS) is 44.2. The molecular weight excluding hydrogens is 831 g/mol. The molecule has 17 nitrogen and oxygen atoms in total. The van der Waals surface area contributed by atoms with Crippen LogP contribution in [0.4, 0.5) is 0 Å². The van der Waals surface area contributed by atoms with Crippen LogP contribution in [0.15, 0.2) is 0 Å². The molecule has 17 heteroatoms. The minimum atomic E-state index is -1.82. The molecule has 0 aromatic carbocycles. The first-order valence-corrected chi connectivity index (χ1v) is 23.9. The van der Waals surface area contributed by atoms with Crippen molar-refractivity contribution >= 4 is 11.9 Å². The van der Waals surface area contributed by atoms with Crippen LogP contribution in [0.25, 0.3) is 0 Å². The van der Waals surface area contributed by atoms with Crippen molar-refractivity contribution in [3.63, 3.8) is 0 Å². The van der Waals surface area contributed by atoms with Gasteiger partial charge in [-0.05, 0) is 114 Å². The van der Waals surface area contributed by atoms with Crippen LogP contribution in [-0.2, 0) is 47.5 Å². The van der Waals surface area contributed by atoms with E-state index in [2.05, 4.69) is 10.2 Å². The second kappa shape index (κ2) is 23.6. The van der Waals surface area contributed by atoms with Crippen molar-refractivity contribution < 1.29 is 67.9 Å². The Balaban J connectivity index is 1.75. The molecule has 0 aromatic rings. The maximum Gasteiger partial charge on any atom is 0.311 e. The van der Waals surface area contributed by atoms with Crippen molar-refractivity contribution in [2.45, 2.75) is 204 Å². The number of cyclic esters (lactones) is 1. The van der Waals surface area contributed by atoms with Gasteiger partial charge in [0.2, 0.25) is 5.91 Å². The van der Waals surface area contributed by atoms with E-state index in [0.717, 1.165) is 0 Å². The summed E-state index contributed by atoms with van der Waals surface area (Å²) in [6.45, 7) is 20.2. The van der Waals surface area contributed by atoms with Crippen LogP contribution in [0.1, 0.15) is 114 Å². The number of amides is 1. The average molecular weight is 918 g/mol. The summed E-state index contributed by atoms with van der Waals surface area (Å²) in [6, 6.07) is -0.688. The zero-order chi connectivity index (χ0) is 47.9. The van der Waals surface area contributed by atoms with Crippen LogP contribution < -0.4 is 5.32 Å². The number of nitrogens with one attached hydrogen (secondary N) is 1. The molecule has 0 aliphatic carbocycles. The Morgan fingerprint density at radius 3 is 2.22 bits per heavy atom. The number of nitrogens with zero attached hydrogens (tertiary/aromatic N) is 2. The third-order valence-electron chi connectivity index (χ3n) is 14.7. The van der Waals surface area contributed by atoms with Crippen LogP contribution in [0.5, 0.6) is 0 Å². The fourth-order valence-corrected chi connectivity index (χ4v) is 10.5. The smallest absolute Gasteiger partial charge is 0.311 e. The lowest BCUT2D eigenvalue weighted by Gasteiger charge is -2.49. The van der Waals surface area contributed by atoms with Gasteiger partial charge in [0, 0.05) is 70.4 Å². The molecule has 5 N–H and O–H groups in total. The lowest BCUT2D eigenvalue weighted by molar-refractivity contribution is -0.321. The van der Waals surface area contributed by atoms with Crippen molar-refractivity contribution in [1.29, 1.82) is 0 Å². The van der Waals surface area contributed by atoms with Gasteiger partial charge in [-0.1, -0.05) is 20.8 Å². The number of hydrogen-bond donors (Lipinski definition) is 5. The molecule has 0 radical (unpaired) electrons. The second-order valence-electron chi connectivity index (χ2n) is 20.5. The van der Waals surface area contributed by atoms with Gasteiger partial charge in [-0.25, -0.2) is 0 Å². The Morgan fingerprint density at radius 1 is 0.953 bits per heavy atom. The van der Waals surface area contributed by atoms with E-state index < -0.39 is 96.0 Å². The quantitative estimate of drug-likeness (QED) is 0.133. The molecule has 4 fully saturated rings. The topological polar surface area (TPSA) is 207 Å². The molecule has 0 unspecified atom stereocenters. The van der Waals surface area contributed by atoms with Crippen LogP contribution in [0, 0.1) is 23.7 Å². The van der Waals surface area contributed by atoms with E-state index in [0.29, 0.717) is 58.6 Å². The summed E-state index contributed by atoms with van der Waals surface area (Å²) in [5, 5.41) is 50.5. The number of aliphatic hydroxyl groups is 4. The first kappa shape index (κ1) is 55.0. The number of rotatable bonds is 13. The number of methoxy groups -OCH3 is 1. The molecule has 4 aliphatic rings. The molecule has 4 aliphatic heterocycles. The molecular formula is C47H87N3O14. The Kier molecular flexibility index (Phi) is 20.3. The lowest BCUT2D eigenvalue weighted by atomic mass is 9.77. The molecule has 4 rings (SSSR count). The van der Waals surface area contributed by atoms with E-state index >= 15 is 0 Å². The van der Waals surface area contributed by atoms with Crippen LogP contribution in [0.2, 0.25) is 0 Å². The third-order valence-corrected chi connectivity index (χ3v) is 14.7. The Hall–Kier alpha value is -1.58. The van der Waals surface area contributed by atoms with Gasteiger partial charge in [0.25, 0.3) is 0 Å². The highest BCUT2D eigenvalue weighted by Crippen LogP contribution is 2.40. The van der Waals surface area contributed by atoms with Gasteiger partial charge >= 0.3 is 5.97 Å². The number of ether oxygens (including phenoxy) is 8. The van der Waals surface area contributed by atoms with E-state index in [1.165, 1.54) is 14.0 Å². The number of esters is 1. The fourth-order valence-electron chi connectivity index (χ4n) is 10.5. The van der Waals surface area contributed by atoms with Gasteiger partial charge in [-0.15, -0.1) is 0 Å². The molecule has 4 saturated heterocycles. The Morgan fingerprint density at radius 2 is 1.61 bits per heavy atom. The lowest BCUT2D eigenvalue weighted by Crippen LogP contribution is -2.61. The molecule has 374 valence electrons. The van der Waals surface area contributed by atoms with E-state index in [-0.39, 0.29) is 49.2 Å². The first-order valence-electron chi connectivity index (χ1n) is 23.9. The highest BCUT2D eigenvalue weighted by molar-refractivity contribution is 5.78. The zero-order valence-electron chi connectivity index (χ0n) is 41.5. The summed E-state index contributed by atoms with van der Waals surface area (Å²) in [5.41, 5.74) is -4.43. The van der Waals surface area contributed by atoms with Gasteiger partial charge in [-0.2, -0.15) is 0 Å². The standard InChI is InChI=1S/C47H87N3O14/c1-15-35-47(10,56)39(51)31(6)50(13)26-27(2)24-45(8,55)41(29(4)37(30(5)43(54)62-35)63-36-25-46(9,57-14)40(52)32(7)61-36)64-44-38(34(49(11)12)23-28(3)60-44)59-20-16-19-48-42(53)33-17-21-58-22-18-33/h27-41,44,51-52,55-56H,15-26H2,1-14H3,(H,48,53)/t27-,28-,29+,30-,31-,32+,34+,35-,36+,37+,38-,39-,40+,41-,44+,45-,46-,47-/m1/s1. The van der Waals surface area contributed by atoms with Crippen molar-refractivity contribution in [3.05, 3.63) is 0 Å². The van der Waals surface area contributed by atoms with E-state index in [1.54, 1.807) is 34.6 Å². The summed E-state index contributed by atoms with van der Waals surface area (Å²) in [4.78, 5) is 31.4. The van der Waals surface area contributed by atoms with Crippen LogP contribution in [0.3, 0.4) is 0 Å². The number of carbonyl (C=O) groups excluding carboxylic acids is 2. The SMILES string of the molecule is CC[C@H]1OC(=O)[C@H](C)[C@@H](O[C@H]2C[C@@](C)(OC)[C@@H](O)[C@H](C)O2)[C@H](C)[C@@H](O[C@@H]2O[C@H](C)C[C@H](N(C)C)[C@H]2OCCCNC(=O)C2CCOCC2)[C@](C)(O)C[C@@H](C)CN(C)[C@H](C)[C@@H](O)[C@]1(C)O. The number of carbonyl (C=O) groups is 2. The summed E-state index contributed by atoms with van der Waals surface area (Å²) in [5.74, 6) is -2.64. The zero-order valence-corrected chi connectivity index (χ0v) is 41.5. The minimum absolute atomic E-state index is 0.0267. The summed E-state index contributed by atoms with van der Waals surface area (Å²) in [7, 11) is 7.34. The number of hydrogen-bond acceptors (Lipinski definition) is 16. The largest absolute Gasteiger partial charge is 0.459 e. The van der Waals surface area contributed by atoms with Gasteiger partial charge in [-0.3, -0.25) is 9.59 Å². The van der Waals surface area contributed by atoms with E-state index in [4.69, 9.17) is 37.9 Å². The molecule has 0 saturated carbocycles. The van der Waals surface area contributed by atoms with Crippen LogP contribution in [-0.4, -0.2) is 194 Å². The molecule has 1 amide bonds. The van der Waals surface area contributed by atoms with E-state index in [9.17, 15) is 30.0 Å². The van der Waals surface area contributed by atoms with Crippen molar-refractivity contribution in [1.82, 2.24) is 15.1 Å². The van der Waals surface area contributed by atoms with E-state index in [1.807, 2.05) is 53.7 Å². The van der Waals surface area contributed by atoms with Crippen molar-refractivity contribution in [3.8, 4) is 0 Å². The van der Waals surface area contributed by atoms with Crippen LogP contribution >= 0.6 is 0 Å². The first-order chi connectivity index (χ1) is 29.9. The maximum atomic E-state index is 14.5. The molecule has 0 aromatic heterocycles. The minimum Gasteiger partial charge on any atom is -0.459 e. The van der Waals surface area contributed by atoms with Crippen molar-refractivity contribution in [2.24, 2.45) is 23.7 Å². The monoisotopic (exact) mass is 918 g/mol. The summed E-state index contributed by atoms with van der Waals surface area (Å²) in [6.07, 6.45) is -5.66. The molecule has 18 atom stereocenters. The Labute approximate surface area is 383 Å². The molecule has 0 spiro atoms. The highest BCUT2D eigenvalue weighted by Gasteiger charge is 2.53. The van der Waals surface area contributed by atoms with Gasteiger partial charge < -0.3 is 73.4 Å². The predicted octanol–water partition coefficient (Wildman–Crippen LogP) is 2.86. The molecule has 0 bridgehead atoms. The van der Waals surface area contributed by atoms with Crippen molar-refractivity contribution in [2.75, 3.05) is 61.2 Å². The predicted molar refractivity (Wildman–Crippen MR) is 239 cm³/mol. The highest BCUT2D eigenvalue weighted by atomic mass is 16.7. The average Bonchev–Trinajstić information content (AvgIpc) is 3.24. The number of aliphatic hydroxyl groups excluding tert-OH is 2. The van der Waals surface area contributed by atoms with Gasteiger partial charge in [0.15, 0.2) is 12.6 Å². The summed E-state index contributed by atoms with van der Waals surface area (Å²) >= 11 is 0. The second-order valence-corrected chi connectivity index (χ2v) is 20.5. The fraction of sp³-hybridized carbons (Fsp3) is 0.957. The number of likely N-dealkylation sites (N-methyl/N-ethyl adjacent to an activating group) is 2. The Bertz CT molecular complexity index is 1450. The molecule has 64 heavy (non-hydrogen) atoms. The third kappa shape index (κ3) is 13.6. The van der Waals surface area contributed by atoms with Gasteiger partial charge in [0.05, 0.1) is 41.5 Å². The summed E-state index contributed by atoms with van der Waals surface area (Å²) < 4.78 is 50.9. The van der Waals surface area contributed by atoms with Gasteiger partial charge in [0.1, 0.15) is 30.0 Å².